The van der Waals surface area contributed by atoms with Gasteiger partial charge in [-0.1, -0.05) is 6.07 Å². The van der Waals surface area contributed by atoms with Crippen LogP contribution in [-0.4, -0.2) is 24.3 Å². The highest BCUT2D eigenvalue weighted by Crippen LogP contribution is 2.23. The van der Waals surface area contributed by atoms with Crippen molar-refractivity contribution < 1.29 is 0 Å². The maximum absolute atomic E-state index is 5.75. The van der Waals surface area contributed by atoms with E-state index >= 15 is 0 Å². The van der Waals surface area contributed by atoms with Crippen LogP contribution in [0.15, 0.2) is 55.2 Å². The molecule has 4 aromatic heterocycles. The molecule has 0 aromatic carbocycles. The summed E-state index contributed by atoms with van der Waals surface area (Å²) in [5, 5.41) is 0. The number of hydrogen-bond acceptors (Lipinski definition) is 4. The molecule has 4 rings (SSSR count). The van der Waals surface area contributed by atoms with E-state index in [2.05, 4.69) is 19.9 Å². The first-order valence-electron chi connectivity index (χ1n) is 6.50. The second kappa shape index (κ2) is 4.45. The van der Waals surface area contributed by atoms with Crippen molar-refractivity contribution in [2.75, 3.05) is 5.73 Å². The Bertz CT molecular complexity index is 907. The van der Waals surface area contributed by atoms with Gasteiger partial charge >= 0.3 is 0 Å². The number of nitrogens with one attached hydrogen (secondary N) is 1. The van der Waals surface area contributed by atoms with Gasteiger partial charge in [0.25, 0.3) is 0 Å². The SMILES string of the molecule is Nc1cccc(-c2cnc3cc(-c4cnc[nH]4)ccn23)n1. The number of nitrogen functional groups attached to an aromatic ring is 1. The van der Waals surface area contributed by atoms with Gasteiger partial charge in [-0.2, -0.15) is 0 Å². The Morgan fingerprint density at radius 3 is 2.90 bits per heavy atom. The minimum atomic E-state index is 0.497. The molecular weight excluding hydrogens is 264 g/mol. The van der Waals surface area contributed by atoms with Gasteiger partial charge in [0.1, 0.15) is 11.5 Å². The third-order valence-electron chi connectivity index (χ3n) is 3.36. The maximum atomic E-state index is 5.75. The predicted molar refractivity (Wildman–Crippen MR) is 80.4 cm³/mol. The predicted octanol–water partition coefficient (Wildman–Crippen LogP) is 2.37. The maximum Gasteiger partial charge on any atom is 0.137 e. The van der Waals surface area contributed by atoms with Gasteiger partial charge in [0, 0.05) is 11.8 Å². The highest BCUT2D eigenvalue weighted by atomic mass is 15.0. The van der Waals surface area contributed by atoms with Crippen LogP contribution in [0.3, 0.4) is 0 Å². The van der Waals surface area contributed by atoms with E-state index in [-0.39, 0.29) is 0 Å². The molecule has 4 aromatic rings. The lowest BCUT2D eigenvalue weighted by Gasteiger charge is -2.03. The number of hydrogen-bond donors (Lipinski definition) is 2. The molecule has 0 fully saturated rings. The first-order chi connectivity index (χ1) is 10.3. The minimum absolute atomic E-state index is 0.497. The zero-order valence-electron chi connectivity index (χ0n) is 11.1. The molecule has 0 bridgehead atoms. The van der Waals surface area contributed by atoms with E-state index in [0.717, 1.165) is 28.3 Å². The molecule has 4 heterocycles. The normalized spacial score (nSPS) is 11.0. The van der Waals surface area contributed by atoms with Gasteiger partial charge in [0.2, 0.25) is 0 Å². The Kier molecular flexibility index (Phi) is 2.47. The summed E-state index contributed by atoms with van der Waals surface area (Å²) < 4.78 is 1.99. The molecule has 102 valence electrons. The van der Waals surface area contributed by atoms with E-state index in [4.69, 9.17) is 5.73 Å². The average molecular weight is 276 g/mol. The number of nitrogens with two attached hydrogens (primary N) is 1. The Morgan fingerprint density at radius 2 is 2.10 bits per heavy atom. The summed E-state index contributed by atoms with van der Waals surface area (Å²) in [6, 6.07) is 9.59. The quantitative estimate of drug-likeness (QED) is 0.588. The molecule has 0 amide bonds. The van der Waals surface area contributed by atoms with Crippen molar-refractivity contribution in [3.63, 3.8) is 0 Å². The summed E-state index contributed by atoms with van der Waals surface area (Å²) in [5.41, 5.74) is 10.3. The van der Waals surface area contributed by atoms with E-state index in [1.54, 1.807) is 24.8 Å². The second-order valence-electron chi connectivity index (χ2n) is 4.70. The molecule has 3 N–H and O–H groups in total. The summed E-state index contributed by atoms with van der Waals surface area (Å²) in [5.74, 6) is 0.497. The van der Waals surface area contributed by atoms with Crippen LogP contribution < -0.4 is 5.73 Å². The number of pyridine rings is 2. The number of anilines is 1. The molecule has 0 saturated carbocycles. The Morgan fingerprint density at radius 1 is 1.14 bits per heavy atom. The van der Waals surface area contributed by atoms with Crippen molar-refractivity contribution in [1.29, 1.82) is 0 Å². The number of aromatic nitrogens is 5. The van der Waals surface area contributed by atoms with Gasteiger partial charge in [-0.15, -0.1) is 0 Å². The van der Waals surface area contributed by atoms with Crippen LogP contribution in [0.1, 0.15) is 0 Å². The van der Waals surface area contributed by atoms with Crippen LogP contribution in [0.5, 0.6) is 0 Å². The van der Waals surface area contributed by atoms with Crippen LogP contribution >= 0.6 is 0 Å². The van der Waals surface area contributed by atoms with E-state index in [0.29, 0.717) is 5.82 Å². The van der Waals surface area contributed by atoms with E-state index < -0.39 is 0 Å². The van der Waals surface area contributed by atoms with Crippen LogP contribution in [0.2, 0.25) is 0 Å². The second-order valence-corrected chi connectivity index (χ2v) is 4.70. The number of fused-ring (bicyclic) bond motifs is 1. The largest absolute Gasteiger partial charge is 0.384 e. The lowest BCUT2D eigenvalue weighted by atomic mass is 10.2. The van der Waals surface area contributed by atoms with E-state index in [1.165, 1.54) is 0 Å². The number of aromatic amines is 1. The summed E-state index contributed by atoms with van der Waals surface area (Å²) in [4.78, 5) is 15.9. The van der Waals surface area contributed by atoms with Crippen molar-refractivity contribution >= 4 is 11.5 Å². The first kappa shape index (κ1) is 11.7. The topological polar surface area (TPSA) is 84.9 Å². The molecule has 6 heteroatoms. The molecule has 6 nitrogen and oxygen atoms in total. The molecule has 0 spiro atoms. The number of imidazole rings is 2. The lowest BCUT2D eigenvalue weighted by Crippen LogP contribution is -1.94. The smallest absolute Gasteiger partial charge is 0.137 e. The molecule has 0 radical (unpaired) electrons. The van der Waals surface area contributed by atoms with Crippen molar-refractivity contribution in [2.24, 2.45) is 0 Å². The standard InChI is InChI=1S/C15H12N6/c16-14-3-1-2-11(20-14)13-8-18-15-6-10(4-5-21(13)15)12-7-17-9-19-12/h1-9H,(H2,16,20)(H,17,19). The fourth-order valence-electron chi connectivity index (χ4n) is 2.35. The number of nitrogens with zero attached hydrogens (tertiary/aromatic N) is 4. The zero-order chi connectivity index (χ0) is 14.2. The fraction of sp³-hybridized carbons (Fsp3) is 0. The fourth-order valence-corrected chi connectivity index (χ4v) is 2.35. The zero-order valence-corrected chi connectivity index (χ0v) is 11.1. The summed E-state index contributed by atoms with van der Waals surface area (Å²) in [6.45, 7) is 0. The van der Waals surface area contributed by atoms with Crippen molar-refractivity contribution in [3.05, 3.63) is 55.2 Å². The first-order valence-corrected chi connectivity index (χ1v) is 6.50. The molecule has 0 aliphatic rings. The van der Waals surface area contributed by atoms with Gasteiger partial charge in [-0.3, -0.25) is 4.40 Å². The third kappa shape index (κ3) is 1.93. The van der Waals surface area contributed by atoms with Crippen molar-refractivity contribution in [1.82, 2.24) is 24.3 Å². The van der Waals surface area contributed by atoms with Crippen LogP contribution in [-0.2, 0) is 0 Å². The van der Waals surface area contributed by atoms with Gasteiger partial charge in [-0.25, -0.2) is 15.0 Å². The summed E-state index contributed by atoms with van der Waals surface area (Å²) in [7, 11) is 0. The monoisotopic (exact) mass is 276 g/mol. The number of H-pyrrole nitrogens is 1. The molecule has 21 heavy (non-hydrogen) atoms. The Balaban J connectivity index is 1.86. The highest BCUT2D eigenvalue weighted by molar-refractivity contribution is 5.67. The molecule has 0 saturated heterocycles. The number of rotatable bonds is 2. The third-order valence-corrected chi connectivity index (χ3v) is 3.36. The van der Waals surface area contributed by atoms with Gasteiger partial charge in [-0.05, 0) is 24.3 Å². The van der Waals surface area contributed by atoms with Crippen LogP contribution in [0.25, 0.3) is 28.3 Å². The highest BCUT2D eigenvalue weighted by Gasteiger charge is 2.09. The van der Waals surface area contributed by atoms with Crippen LogP contribution in [0, 0.1) is 0 Å². The Hall–Kier alpha value is -3.15. The molecule has 0 aliphatic carbocycles. The van der Waals surface area contributed by atoms with E-state index in [9.17, 15) is 0 Å². The van der Waals surface area contributed by atoms with Crippen LogP contribution in [0.4, 0.5) is 5.82 Å². The lowest BCUT2D eigenvalue weighted by molar-refractivity contribution is 1.17. The molecule has 0 unspecified atom stereocenters. The van der Waals surface area contributed by atoms with Gasteiger partial charge in [0.15, 0.2) is 0 Å². The van der Waals surface area contributed by atoms with Gasteiger partial charge in [0.05, 0.1) is 35.8 Å². The minimum Gasteiger partial charge on any atom is -0.384 e. The molecular formula is C15H12N6. The van der Waals surface area contributed by atoms with Crippen molar-refractivity contribution in [3.8, 4) is 22.6 Å². The summed E-state index contributed by atoms with van der Waals surface area (Å²) >= 11 is 0. The summed E-state index contributed by atoms with van der Waals surface area (Å²) in [6.07, 6.45) is 7.22. The molecule has 0 aliphatic heterocycles. The average Bonchev–Trinajstić information content (AvgIpc) is 3.16. The molecule has 0 atom stereocenters. The Labute approximate surface area is 120 Å². The van der Waals surface area contributed by atoms with Crippen molar-refractivity contribution in [2.45, 2.75) is 0 Å². The van der Waals surface area contributed by atoms with E-state index in [1.807, 2.05) is 34.9 Å². The van der Waals surface area contributed by atoms with Gasteiger partial charge < -0.3 is 10.7 Å².